The molecule has 0 aromatic heterocycles. The molecule has 1 N–H and O–H groups in total. The Bertz CT molecular complexity index is 1370. The molecule has 7 nitrogen and oxygen atoms in total. The van der Waals surface area contributed by atoms with Crippen molar-refractivity contribution in [3.63, 3.8) is 0 Å². The highest BCUT2D eigenvalue weighted by Gasteiger charge is 2.33. The fourth-order valence-electron chi connectivity index (χ4n) is 4.05. The van der Waals surface area contributed by atoms with Gasteiger partial charge in [0.25, 0.3) is 10.0 Å². The summed E-state index contributed by atoms with van der Waals surface area (Å²) in [5.41, 5.74) is 1.91. The summed E-state index contributed by atoms with van der Waals surface area (Å²) in [4.78, 5) is 28.2. The number of hydrogen-bond donors (Lipinski definition) is 1. The van der Waals surface area contributed by atoms with Gasteiger partial charge in [0.05, 0.1) is 10.6 Å². The summed E-state index contributed by atoms with van der Waals surface area (Å²) < 4.78 is 42.0. The van der Waals surface area contributed by atoms with Gasteiger partial charge in [0.15, 0.2) is 0 Å². The predicted molar refractivity (Wildman–Crippen MR) is 151 cm³/mol. The molecule has 0 unspecified atom stereocenters. The molecule has 3 aromatic rings. The minimum Gasteiger partial charge on any atom is -0.354 e. The van der Waals surface area contributed by atoms with E-state index in [0.29, 0.717) is 18.0 Å². The Hall–Kier alpha value is -3.43. The normalized spacial score (nSPS) is 12.0. The van der Waals surface area contributed by atoms with Crippen molar-refractivity contribution in [3.05, 3.63) is 94.8 Å². The summed E-state index contributed by atoms with van der Waals surface area (Å²) in [6.07, 6.45) is 1.05. The highest BCUT2D eigenvalue weighted by atomic mass is 35.5. The van der Waals surface area contributed by atoms with Crippen LogP contribution in [-0.4, -0.2) is 44.3 Å². The van der Waals surface area contributed by atoms with E-state index in [2.05, 4.69) is 5.32 Å². The number of carbonyl (C=O) groups is 2. The Balaban J connectivity index is 2.03. The maximum Gasteiger partial charge on any atom is 0.264 e. The highest BCUT2D eigenvalue weighted by molar-refractivity contribution is 7.92. The van der Waals surface area contributed by atoms with E-state index in [1.54, 1.807) is 55.5 Å². The van der Waals surface area contributed by atoms with Gasteiger partial charge in [0, 0.05) is 18.1 Å². The van der Waals surface area contributed by atoms with Gasteiger partial charge in [-0.2, -0.15) is 0 Å². The van der Waals surface area contributed by atoms with Crippen LogP contribution in [0.15, 0.2) is 77.7 Å². The number of rotatable bonds is 12. The molecule has 10 heteroatoms. The third-order valence-corrected chi connectivity index (χ3v) is 8.24. The van der Waals surface area contributed by atoms with Crippen molar-refractivity contribution in [2.24, 2.45) is 0 Å². The molecular weight excluding hydrogens is 541 g/mol. The first-order valence-corrected chi connectivity index (χ1v) is 14.5. The van der Waals surface area contributed by atoms with Crippen molar-refractivity contribution in [2.75, 3.05) is 17.4 Å². The second-order valence-corrected chi connectivity index (χ2v) is 11.5. The van der Waals surface area contributed by atoms with Crippen LogP contribution in [0, 0.1) is 12.7 Å². The van der Waals surface area contributed by atoms with E-state index < -0.39 is 34.3 Å². The molecular formula is C29H33ClFN3O4S. The van der Waals surface area contributed by atoms with Crippen LogP contribution in [0.1, 0.15) is 37.8 Å². The number of hydrogen-bond acceptors (Lipinski definition) is 4. The molecule has 3 aromatic carbocycles. The lowest BCUT2D eigenvalue weighted by molar-refractivity contribution is -0.140. The minimum absolute atomic E-state index is 0.0758. The standard InChI is InChI=1S/C29H33ClFN3O4S/c1-4-18-32-29(36)27(5-2)33(19-22-8-10-23(30)11-9-22)28(35)20-34(25-14-6-21(3)7-15-25)39(37,38)26-16-12-24(31)13-17-26/h6-17,27H,4-5,18-20H2,1-3H3,(H,32,36)/t27-/m1/s1. The second-order valence-electron chi connectivity index (χ2n) is 9.16. The van der Waals surface area contributed by atoms with E-state index >= 15 is 0 Å². The fraction of sp³-hybridized carbons (Fsp3) is 0.310. The zero-order valence-electron chi connectivity index (χ0n) is 22.2. The van der Waals surface area contributed by atoms with E-state index in [4.69, 9.17) is 11.6 Å². The van der Waals surface area contributed by atoms with E-state index in [1.165, 1.54) is 4.90 Å². The molecule has 0 saturated heterocycles. The quantitative estimate of drug-likeness (QED) is 0.318. The van der Waals surface area contributed by atoms with Crippen LogP contribution in [0.5, 0.6) is 0 Å². The van der Waals surface area contributed by atoms with Crippen LogP contribution >= 0.6 is 11.6 Å². The van der Waals surface area contributed by atoms with Crippen LogP contribution in [-0.2, 0) is 26.2 Å². The molecule has 0 fully saturated rings. The number of halogens is 2. The van der Waals surface area contributed by atoms with Crippen LogP contribution in [0.4, 0.5) is 10.1 Å². The summed E-state index contributed by atoms with van der Waals surface area (Å²) in [6.45, 7) is 5.55. The Kier molecular flexibility index (Phi) is 10.5. The molecule has 0 saturated carbocycles. The van der Waals surface area contributed by atoms with E-state index in [9.17, 15) is 22.4 Å². The lowest BCUT2D eigenvalue weighted by Gasteiger charge is -2.33. The molecule has 0 heterocycles. The molecule has 3 rings (SSSR count). The van der Waals surface area contributed by atoms with E-state index in [0.717, 1.165) is 46.1 Å². The van der Waals surface area contributed by atoms with Crippen LogP contribution in [0.2, 0.25) is 5.02 Å². The van der Waals surface area contributed by atoms with Crippen molar-refractivity contribution in [3.8, 4) is 0 Å². The average Bonchev–Trinajstić information content (AvgIpc) is 2.92. The lowest BCUT2D eigenvalue weighted by atomic mass is 10.1. The van der Waals surface area contributed by atoms with Crippen LogP contribution < -0.4 is 9.62 Å². The van der Waals surface area contributed by atoms with Gasteiger partial charge in [-0.3, -0.25) is 13.9 Å². The zero-order valence-corrected chi connectivity index (χ0v) is 23.8. The number of benzene rings is 3. The molecule has 0 bridgehead atoms. The molecule has 0 aliphatic carbocycles. The SMILES string of the molecule is CCCNC(=O)[C@@H](CC)N(Cc1ccc(Cl)cc1)C(=O)CN(c1ccc(C)cc1)S(=O)(=O)c1ccc(F)cc1. The van der Waals surface area contributed by atoms with Crippen molar-refractivity contribution in [2.45, 2.75) is 51.1 Å². The van der Waals surface area contributed by atoms with Crippen molar-refractivity contribution < 1.29 is 22.4 Å². The third-order valence-electron chi connectivity index (χ3n) is 6.20. The number of sulfonamides is 1. The summed E-state index contributed by atoms with van der Waals surface area (Å²) in [5, 5.41) is 3.37. The predicted octanol–water partition coefficient (Wildman–Crippen LogP) is 5.32. The number of nitrogens with one attached hydrogen (secondary N) is 1. The molecule has 1 atom stereocenters. The van der Waals surface area contributed by atoms with Crippen LogP contribution in [0.3, 0.4) is 0 Å². The van der Waals surface area contributed by atoms with Gasteiger partial charge in [-0.25, -0.2) is 12.8 Å². The monoisotopic (exact) mass is 573 g/mol. The number of anilines is 1. The lowest BCUT2D eigenvalue weighted by Crippen LogP contribution is -2.52. The highest BCUT2D eigenvalue weighted by Crippen LogP contribution is 2.25. The molecule has 208 valence electrons. The zero-order chi connectivity index (χ0) is 28.6. The largest absolute Gasteiger partial charge is 0.354 e. The third kappa shape index (κ3) is 7.80. The van der Waals surface area contributed by atoms with Gasteiger partial charge >= 0.3 is 0 Å². The Labute approximate surface area is 234 Å². The summed E-state index contributed by atoms with van der Waals surface area (Å²) >= 11 is 6.03. The van der Waals surface area contributed by atoms with Crippen molar-refractivity contribution in [1.29, 1.82) is 0 Å². The van der Waals surface area contributed by atoms with Gasteiger partial charge in [-0.15, -0.1) is 0 Å². The van der Waals surface area contributed by atoms with Gasteiger partial charge in [0.1, 0.15) is 18.4 Å². The molecule has 0 radical (unpaired) electrons. The molecule has 2 amide bonds. The van der Waals surface area contributed by atoms with E-state index in [-0.39, 0.29) is 23.0 Å². The molecule has 0 aliphatic rings. The molecule has 0 aliphatic heterocycles. The minimum atomic E-state index is -4.26. The molecule has 0 spiro atoms. The maximum atomic E-state index is 13.9. The van der Waals surface area contributed by atoms with Gasteiger partial charge in [-0.05, 0) is 73.9 Å². The number of carbonyl (C=O) groups excluding carboxylic acids is 2. The smallest absolute Gasteiger partial charge is 0.264 e. The van der Waals surface area contributed by atoms with Gasteiger partial charge in [-0.1, -0.05) is 55.3 Å². The number of nitrogens with zero attached hydrogens (tertiary/aromatic N) is 2. The van der Waals surface area contributed by atoms with Crippen molar-refractivity contribution in [1.82, 2.24) is 10.2 Å². The average molecular weight is 574 g/mol. The first-order chi connectivity index (χ1) is 18.6. The Morgan fingerprint density at radius 2 is 1.56 bits per heavy atom. The maximum absolute atomic E-state index is 13.9. The second kappa shape index (κ2) is 13.6. The summed E-state index contributed by atoms with van der Waals surface area (Å²) in [7, 11) is -4.26. The fourth-order valence-corrected chi connectivity index (χ4v) is 5.59. The Morgan fingerprint density at radius 3 is 2.13 bits per heavy atom. The summed E-state index contributed by atoms with van der Waals surface area (Å²) in [5.74, 6) is -1.45. The number of amides is 2. The Morgan fingerprint density at radius 1 is 0.949 bits per heavy atom. The van der Waals surface area contributed by atoms with Gasteiger partial charge < -0.3 is 10.2 Å². The topological polar surface area (TPSA) is 86.8 Å². The first-order valence-electron chi connectivity index (χ1n) is 12.7. The van der Waals surface area contributed by atoms with E-state index in [1.807, 2.05) is 13.8 Å². The first kappa shape index (κ1) is 30.1. The summed E-state index contributed by atoms with van der Waals surface area (Å²) in [6, 6.07) is 17.2. The molecule has 39 heavy (non-hydrogen) atoms. The number of aryl methyl sites for hydroxylation is 1. The van der Waals surface area contributed by atoms with Crippen molar-refractivity contribution >= 4 is 39.1 Å². The van der Waals surface area contributed by atoms with Gasteiger partial charge in [0.2, 0.25) is 11.8 Å². The van der Waals surface area contributed by atoms with Crippen LogP contribution in [0.25, 0.3) is 0 Å².